The quantitative estimate of drug-likeness (QED) is 0.663. The Morgan fingerprint density at radius 3 is 2.52 bits per heavy atom. The lowest BCUT2D eigenvalue weighted by Gasteiger charge is -2.07. The van der Waals surface area contributed by atoms with Crippen molar-refractivity contribution in [3.8, 4) is 11.5 Å². The van der Waals surface area contributed by atoms with Crippen molar-refractivity contribution in [1.82, 2.24) is 15.2 Å². The average molecular weight is 311 g/mol. The third-order valence-corrected chi connectivity index (χ3v) is 3.49. The van der Waals surface area contributed by atoms with E-state index in [0.717, 1.165) is 11.3 Å². The second kappa shape index (κ2) is 6.31. The van der Waals surface area contributed by atoms with E-state index in [2.05, 4.69) is 15.2 Å². The first kappa shape index (κ1) is 14.8. The number of H-pyrrole nitrogens is 3. The van der Waals surface area contributed by atoms with E-state index in [1.807, 2.05) is 42.6 Å². The third-order valence-electron chi connectivity index (χ3n) is 3.49. The lowest BCUT2D eigenvalue weighted by Crippen LogP contribution is -2.33. The van der Waals surface area contributed by atoms with Crippen LogP contribution in [0.4, 0.5) is 0 Å². The molecule has 118 valence electrons. The highest BCUT2D eigenvalue weighted by molar-refractivity contribution is 5.56. The van der Waals surface area contributed by atoms with Crippen molar-refractivity contribution in [3.05, 3.63) is 68.7 Å². The Morgan fingerprint density at radius 2 is 1.83 bits per heavy atom. The van der Waals surface area contributed by atoms with Gasteiger partial charge in [0.05, 0.1) is 24.8 Å². The molecule has 2 aromatic heterocycles. The summed E-state index contributed by atoms with van der Waals surface area (Å²) in [7, 11) is 3.18. The molecule has 3 N–H and O–H groups in total. The smallest absolute Gasteiger partial charge is 0.271 e. The molecular weight excluding hydrogens is 294 g/mol. The van der Waals surface area contributed by atoms with Gasteiger partial charge in [0.15, 0.2) is 11.5 Å². The van der Waals surface area contributed by atoms with Crippen molar-refractivity contribution in [2.75, 3.05) is 14.2 Å². The molecule has 3 aromatic rings. The van der Waals surface area contributed by atoms with Crippen molar-refractivity contribution in [2.24, 2.45) is 0 Å². The van der Waals surface area contributed by atoms with E-state index < -0.39 is 0 Å². The van der Waals surface area contributed by atoms with E-state index in [1.54, 1.807) is 20.3 Å². The Hall–Kier alpha value is -3.15. The molecular formula is C17H17N3O3. The molecule has 0 unspecified atom stereocenters. The van der Waals surface area contributed by atoms with Crippen molar-refractivity contribution in [3.63, 3.8) is 0 Å². The lowest BCUT2D eigenvalue weighted by molar-refractivity contribution is 0.355. The molecule has 6 nitrogen and oxygen atoms in total. The van der Waals surface area contributed by atoms with Gasteiger partial charge in [0.25, 0.3) is 5.56 Å². The second-order valence-electron chi connectivity index (χ2n) is 4.94. The number of ether oxygens (including phenoxy) is 2. The van der Waals surface area contributed by atoms with Crippen LogP contribution in [0.1, 0.15) is 11.3 Å². The lowest BCUT2D eigenvalue weighted by atomic mass is 10.1. The van der Waals surface area contributed by atoms with Gasteiger partial charge in [-0.2, -0.15) is 0 Å². The van der Waals surface area contributed by atoms with Gasteiger partial charge in [-0.05, 0) is 42.0 Å². The second-order valence-corrected chi connectivity index (χ2v) is 4.94. The standard InChI is InChI=1S/C17H17N3O3/c1-22-15-6-5-11(9-16(15)23-2)8-14-13(17(21)20-19-14)10-12-4-3-7-18-12/h3-10,18-19H,1-2H3,(H,20,21). The van der Waals surface area contributed by atoms with Gasteiger partial charge in [-0.25, -0.2) is 0 Å². The molecule has 0 radical (unpaired) electrons. The highest BCUT2D eigenvalue weighted by Gasteiger charge is 2.03. The summed E-state index contributed by atoms with van der Waals surface area (Å²) in [6.45, 7) is 0. The zero-order valence-corrected chi connectivity index (χ0v) is 12.8. The van der Waals surface area contributed by atoms with Crippen LogP contribution < -0.4 is 25.6 Å². The number of hydrogen-bond acceptors (Lipinski definition) is 3. The van der Waals surface area contributed by atoms with Crippen molar-refractivity contribution < 1.29 is 9.47 Å². The maximum atomic E-state index is 12.0. The van der Waals surface area contributed by atoms with Gasteiger partial charge < -0.3 is 14.5 Å². The predicted octanol–water partition coefficient (Wildman–Crippen LogP) is 0.706. The Balaban J connectivity index is 2.13. The van der Waals surface area contributed by atoms with E-state index in [9.17, 15) is 4.79 Å². The summed E-state index contributed by atoms with van der Waals surface area (Å²) in [6.07, 6.45) is 5.47. The van der Waals surface area contributed by atoms with Crippen LogP contribution in [-0.2, 0) is 0 Å². The molecule has 0 aliphatic carbocycles. The topological polar surface area (TPSA) is 82.9 Å². The van der Waals surface area contributed by atoms with Crippen LogP contribution >= 0.6 is 0 Å². The molecule has 0 aliphatic heterocycles. The summed E-state index contributed by atoms with van der Waals surface area (Å²) in [4.78, 5) is 15.0. The van der Waals surface area contributed by atoms with E-state index in [1.165, 1.54) is 0 Å². The minimum Gasteiger partial charge on any atom is -0.493 e. The number of aromatic amines is 3. The fraction of sp³-hybridized carbons (Fsp3) is 0.118. The fourth-order valence-corrected chi connectivity index (χ4v) is 2.34. The molecule has 6 heteroatoms. The van der Waals surface area contributed by atoms with Crippen LogP contribution in [0.3, 0.4) is 0 Å². The molecule has 0 spiro atoms. The van der Waals surface area contributed by atoms with Gasteiger partial charge in [-0.3, -0.25) is 15.0 Å². The first-order valence-corrected chi connectivity index (χ1v) is 7.07. The molecule has 0 fully saturated rings. The zero-order chi connectivity index (χ0) is 16.2. The zero-order valence-electron chi connectivity index (χ0n) is 12.8. The summed E-state index contributed by atoms with van der Waals surface area (Å²) in [5, 5.41) is 6.75. The summed E-state index contributed by atoms with van der Waals surface area (Å²) < 4.78 is 10.5. The maximum Gasteiger partial charge on any atom is 0.271 e. The van der Waals surface area contributed by atoms with Crippen molar-refractivity contribution >= 4 is 12.2 Å². The van der Waals surface area contributed by atoms with Gasteiger partial charge in [-0.15, -0.1) is 0 Å². The van der Waals surface area contributed by atoms with E-state index in [0.29, 0.717) is 22.1 Å². The maximum absolute atomic E-state index is 12.0. The summed E-state index contributed by atoms with van der Waals surface area (Å²) in [5.41, 5.74) is 1.57. The Morgan fingerprint density at radius 1 is 1.00 bits per heavy atom. The number of aromatic nitrogens is 3. The molecule has 0 aliphatic rings. The molecule has 0 atom stereocenters. The van der Waals surface area contributed by atoms with E-state index in [4.69, 9.17) is 9.47 Å². The Kier molecular flexibility index (Phi) is 4.05. The minimum atomic E-state index is -0.175. The van der Waals surface area contributed by atoms with Crippen LogP contribution in [0.15, 0.2) is 41.3 Å². The Labute approximate surface area is 132 Å². The number of methoxy groups -OCH3 is 2. The number of nitrogens with one attached hydrogen (secondary N) is 3. The average Bonchev–Trinajstić information content (AvgIpc) is 3.20. The molecule has 0 saturated carbocycles. The summed E-state index contributed by atoms with van der Waals surface area (Å²) in [6, 6.07) is 9.34. The number of hydrogen-bond donors (Lipinski definition) is 3. The van der Waals surface area contributed by atoms with Crippen molar-refractivity contribution in [1.29, 1.82) is 0 Å². The van der Waals surface area contributed by atoms with Crippen molar-refractivity contribution in [2.45, 2.75) is 0 Å². The monoisotopic (exact) mass is 311 g/mol. The SMILES string of the molecule is COc1ccc(C=c2[nH][nH]c(=O)c2=Cc2ccc[nH]2)cc1OC. The van der Waals surface area contributed by atoms with E-state index in [-0.39, 0.29) is 5.56 Å². The molecule has 2 heterocycles. The van der Waals surface area contributed by atoms with Gasteiger partial charge in [-0.1, -0.05) is 6.07 Å². The van der Waals surface area contributed by atoms with Gasteiger partial charge in [0.2, 0.25) is 0 Å². The summed E-state index contributed by atoms with van der Waals surface area (Å²) >= 11 is 0. The third kappa shape index (κ3) is 3.06. The molecule has 0 saturated heterocycles. The van der Waals surface area contributed by atoms with Gasteiger partial charge >= 0.3 is 0 Å². The van der Waals surface area contributed by atoms with Crippen LogP contribution in [0.5, 0.6) is 11.5 Å². The molecule has 0 bridgehead atoms. The summed E-state index contributed by atoms with van der Waals surface area (Å²) in [5.74, 6) is 1.29. The molecule has 23 heavy (non-hydrogen) atoms. The molecule has 0 amide bonds. The normalized spacial score (nSPS) is 12.6. The molecule has 3 rings (SSSR count). The predicted molar refractivity (Wildman–Crippen MR) is 88.1 cm³/mol. The first-order chi connectivity index (χ1) is 11.2. The van der Waals surface area contributed by atoms with E-state index >= 15 is 0 Å². The fourth-order valence-electron chi connectivity index (χ4n) is 2.34. The van der Waals surface area contributed by atoms with Gasteiger partial charge in [0, 0.05) is 11.9 Å². The minimum absolute atomic E-state index is 0.175. The first-order valence-electron chi connectivity index (χ1n) is 7.07. The highest BCUT2D eigenvalue weighted by Crippen LogP contribution is 2.27. The number of benzene rings is 1. The van der Waals surface area contributed by atoms with Crippen LogP contribution in [0.2, 0.25) is 0 Å². The van der Waals surface area contributed by atoms with Gasteiger partial charge in [0.1, 0.15) is 0 Å². The van der Waals surface area contributed by atoms with Crippen LogP contribution in [-0.4, -0.2) is 29.4 Å². The molecule has 1 aromatic carbocycles. The largest absolute Gasteiger partial charge is 0.493 e. The highest BCUT2D eigenvalue weighted by atomic mass is 16.5. The van der Waals surface area contributed by atoms with Crippen LogP contribution in [0.25, 0.3) is 12.2 Å². The number of rotatable bonds is 4. The van der Waals surface area contributed by atoms with Crippen LogP contribution in [0, 0.1) is 0 Å². The Bertz CT molecular complexity index is 965.